The summed E-state index contributed by atoms with van der Waals surface area (Å²) in [4.78, 5) is 17.4. The number of nitrogens with zero attached hydrogens (tertiary/aromatic N) is 4. The van der Waals surface area contributed by atoms with Crippen molar-refractivity contribution in [1.82, 2.24) is 9.66 Å². The number of aromatic nitrogens is 2. The van der Waals surface area contributed by atoms with Gasteiger partial charge >= 0.3 is 0 Å². The average Bonchev–Trinajstić information content (AvgIpc) is 2.66. The summed E-state index contributed by atoms with van der Waals surface area (Å²) in [5, 5.41) is 14.0. The zero-order valence-corrected chi connectivity index (χ0v) is 16.7. The van der Waals surface area contributed by atoms with Crippen LogP contribution in [0.3, 0.4) is 0 Å². The van der Waals surface area contributed by atoms with Gasteiger partial charge in [-0.3, -0.25) is 4.79 Å². The molecule has 0 fully saturated rings. The van der Waals surface area contributed by atoms with Crippen LogP contribution in [0, 0.1) is 11.3 Å². The molecule has 136 valence electrons. The Morgan fingerprint density at radius 3 is 2.93 bits per heavy atom. The molecular weight excluding hydrogens is 432 g/mol. The Bertz CT molecular complexity index is 1130. The molecule has 0 aliphatic rings. The van der Waals surface area contributed by atoms with E-state index in [2.05, 4.69) is 26.0 Å². The van der Waals surface area contributed by atoms with Crippen molar-refractivity contribution < 1.29 is 4.74 Å². The third-order valence-corrected chi connectivity index (χ3v) is 4.50. The summed E-state index contributed by atoms with van der Waals surface area (Å²) in [5.74, 6) is 0.986. The highest BCUT2D eigenvalue weighted by molar-refractivity contribution is 9.10. The van der Waals surface area contributed by atoms with E-state index in [4.69, 9.17) is 21.6 Å². The number of nitriles is 1. The highest BCUT2D eigenvalue weighted by Gasteiger charge is 2.10. The van der Waals surface area contributed by atoms with Gasteiger partial charge in [-0.05, 0) is 36.4 Å². The quantitative estimate of drug-likeness (QED) is 0.552. The summed E-state index contributed by atoms with van der Waals surface area (Å²) in [6, 6.07) is 12.2. The lowest BCUT2D eigenvalue weighted by molar-refractivity contribution is 0.367. The number of aryl methyl sites for hydroxylation is 1. The molecule has 0 bridgehead atoms. The van der Waals surface area contributed by atoms with E-state index in [1.165, 1.54) is 10.9 Å². The van der Waals surface area contributed by atoms with Gasteiger partial charge in [0.05, 0.1) is 17.1 Å². The molecule has 0 spiro atoms. The van der Waals surface area contributed by atoms with Crippen molar-refractivity contribution in [2.75, 3.05) is 6.61 Å². The maximum absolute atomic E-state index is 12.9. The minimum Gasteiger partial charge on any atom is -0.478 e. The van der Waals surface area contributed by atoms with E-state index in [0.29, 0.717) is 39.5 Å². The van der Waals surface area contributed by atoms with Gasteiger partial charge < -0.3 is 4.74 Å². The molecule has 0 atom stereocenters. The van der Waals surface area contributed by atoms with E-state index in [1.807, 2.05) is 19.1 Å². The van der Waals surface area contributed by atoms with E-state index in [0.717, 1.165) is 4.47 Å². The minimum atomic E-state index is -0.268. The summed E-state index contributed by atoms with van der Waals surface area (Å²) in [7, 11) is 0. The molecule has 0 N–H and O–H groups in total. The maximum Gasteiger partial charge on any atom is 0.282 e. The predicted molar refractivity (Wildman–Crippen MR) is 109 cm³/mol. The normalized spacial score (nSPS) is 11.0. The molecule has 6 nitrogen and oxygen atoms in total. The fourth-order valence-corrected chi connectivity index (χ4v) is 3.07. The Morgan fingerprint density at radius 2 is 2.19 bits per heavy atom. The Kier molecular flexibility index (Phi) is 5.89. The predicted octanol–water partition coefficient (Wildman–Crippen LogP) is 4.16. The molecule has 0 saturated heterocycles. The molecular formula is C19H14BrClN4O2. The van der Waals surface area contributed by atoms with Crippen LogP contribution in [0.2, 0.25) is 5.02 Å². The highest BCUT2D eigenvalue weighted by atomic mass is 79.9. The summed E-state index contributed by atoms with van der Waals surface area (Å²) < 4.78 is 7.44. The second-order valence-corrected chi connectivity index (χ2v) is 6.89. The molecule has 0 unspecified atom stereocenters. The fraction of sp³-hybridized carbons (Fsp3) is 0.158. The Balaban J connectivity index is 2.11. The van der Waals surface area contributed by atoms with Crippen LogP contribution < -0.4 is 10.3 Å². The van der Waals surface area contributed by atoms with Crippen molar-refractivity contribution in [3.8, 4) is 11.8 Å². The number of hydrogen-bond donors (Lipinski definition) is 0. The first-order valence-corrected chi connectivity index (χ1v) is 9.25. The van der Waals surface area contributed by atoms with Crippen LogP contribution in [-0.2, 0) is 6.42 Å². The van der Waals surface area contributed by atoms with Gasteiger partial charge in [-0.25, -0.2) is 4.98 Å². The van der Waals surface area contributed by atoms with Crippen molar-refractivity contribution in [2.24, 2.45) is 5.10 Å². The zero-order chi connectivity index (χ0) is 19.4. The lowest BCUT2D eigenvalue weighted by Crippen LogP contribution is -2.22. The van der Waals surface area contributed by atoms with Gasteiger partial charge in [0.15, 0.2) is 6.61 Å². The van der Waals surface area contributed by atoms with Crippen molar-refractivity contribution in [3.63, 3.8) is 0 Å². The molecule has 1 heterocycles. The molecule has 2 aromatic carbocycles. The number of fused-ring (bicyclic) bond motifs is 1. The Morgan fingerprint density at radius 1 is 1.37 bits per heavy atom. The number of benzene rings is 2. The van der Waals surface area contributed by atoms with Crippen LogP contribution in [0.25, 0.3) is 10.9 Å². The van der Waals surface area contributed by atoms with Crippen LogP contribution in [0.1, 0.15) is 18.3 Å². The standard InChI is InChI=1S/C19H14BrClN4O2/c1-2-18-24-16-5-3-13(20)10-15(16)19(26)25(18)23-11-12-9-14(21)4-6-17(12)27-8-7-22/h3-6,9-11H,2,8H2,1H3. The molecule has 0 amide bonds. The lowest BCUT2D eigenvalue weighted by Gasteiger charge is -2.09. The summed E-state index contributed by atoms with van der Waals surface area (Å²) in [5.41, 5.74) is 0.907. The fourth-order valence-electron chi connectivity index (χ4n) is 2.52. The lowest BCUT2D eigenvalue weighted by atomic mass is 10.2. The molecule has 8 heteroatoms. The number of hydrogen-bond acceptors (Lipinski definition) is 5. The van der Waals surface area contributed by atoms with Crippen LogP contribution in [-0.4, -0.2) is 22.5 Å². The highest BCUT2D eigenvalue weighted by Crippen LogP contribution is 2.22. The van der Waals surface area contributed by atoms with Crippen molar-refractivity contribution in [1.29, 1.82) is 5.26 Å². The van der Waals surface area contributed by atoms with Gasteiger partial charge in [0.25, 0.3) is 5.56 Å². The third-order valence-electron chi connectivity index (χ3n) is 3.77. The van der Waals surface area contributed by atoms with E-state index in [-0.39, 0.29) is 12.2 Å². The number of ether oxygens (including phenoxy) is 1. The van der Waals surface area contributed by atoms with E-state index < -0.39 is 0 Å². The topological polar surface area (TPSA) is 80.3 Å². The van der Waals surface area contributed by atoms with Crippen LogP contribution >= 0.6 is 27.5 Å². The van der Waals surface area contributed by atoms with Crippen molar-refractivity contribution in [3.05, 3.63) is 67.6 Å². The molecule has 0 saturated carbocycles. The van der Waals surface area contributed by atoms with Gasteiger partial charge in [0.1, 0.15) is 17.6 Å². The third kappa shape index (κ3) is 4.18. The number of halogens is 2. The summed E-state index contributed by atoms with van der Waals surface area (Å²) in [6.07, 6.45) is 2.01. The smallest absolute Gasteiger partial charge is 0.282 e. The SMILES string of the molecule is CCc1nc2ccc(Br)cc2c(=O)n1N=Cc1cc(Cl)ccc1OCC#N. The molecule has 0 aliphatic heterocycles. The summed E-state index contributed by atoms with van der Waals surface area (Å²) >= 11 is 9.42. The largest absolute Gasteiger partial charge is 0.478 e. The monoisotopic (exact) mass is 444 g/mol. The van der Waals surface area contributed by atoms with Crippen molar-refractivity contribution in [2.45, 2.75) is 13.3 Å². The van der Waals surface area contributed by atoms with Crippen LogP contribution in [0.4, 0.5) is 0 Å². The first-order chi connectivity index (χ1) is 13.0. The summed E-state index contributed by atoms with van der Waals surface area (Å²) in [6.45, 7) is 1.80. The second-order valence-electron chi connectivity index (χ2n) is 5.53. The van der Waals surface area contributed by atoms with E-state index >= 15 is 0 Å². The second kappa shape index (κ2) is 8.33. The number of rotatable bonds is 5. The van der Waals surface area contributed by atoms with Gasteiger partial charge in [-0.1, -0.05) is 34.5 Å². The molecule has 0 aliphatic carbocycles. The van der Waals surface area contributed by atoms with Gasteiger partial charge in [0.2, 0.25) is 0 Å². The van der Waals surface area contributed by atoms with E-state index in [9.17, 15) is 4.79 Å². The maximum atomic E-state index is 12.9. The first-order valence-electron chi connectivity index (χ1n) is 8.08. The van der Waals surface area contributed by atoms with Gasteiger partial charge in [0, 0.05) is 21.5 Å². The van der Waals surface area contributed by atoms with Crippen LogP contribution in [0.15, 0.2) is 50.8 Å². The van der Waals surface area contributed by atoms with Gasteiger partial charge in [-0.15, -0.1) is 0 Å². The van der Waals surface area contributed by atoms with Crippen LogP contribution in [0.5, 0.6) is 5.75 Å². The first kappa shape index (κ1) is 19.1. The minimum absolute atomic E-state index is 0.103. The average molecular weight is 446 g/mol. The molecule has 0 radical (unpaired) electrons. The van der Waals surface area contributed by atoms with Gasteiger partial charge in [-0.2, -0.15) is 15.0 Å². The Hall–Kier alpha value is -2.69. The molecule has 1 aromatic heterocycles. The zero-order valence-electron chi connectivity index (χ0n) is 14.3. The van der Waals surface area contributed by atoms with E-state index in [1.54, 1.807) is 30.3 Å². The van der Waals surface area contributed by atoms with Crippen molar-refractivity contribution >= 4 is 44.6 Å². The molecule has 3 aromatic rings. The molecule has 27 heavy (non-hydrogen) atoms. The Labute approximate surface area is 168 Å². The molecule has 3 rings (SSSR count).